The molecule has 1 N–H and O–H groups in total. The van der Waals surface area contributed by atoms with Crippen molar-refractivity contribution in [2.75, 3.05) is 0 Å². The lowest BCUT2D eigenvalue weighted by Crippen LogP contribution is -2.33. The summed E-state index contributed by atoms with van der Waals surface area (Å²) in [7, 11) is 0. The third kappa shape index (κ3) is 2.98. The van der Waals surface area contributed by atoms with Crippen molar-refractivity contribution in [3.8, 4) is 11.4 Å². The van der Waals surface area contributed by atoms with Crippen LogP contribution in [0.1, 0.15) is 24.3 Å². The Morgan fingerprint density at radius 2 is 2.00 bits per heavy atom. The number of rotatable bonds is 3. The molecular formula is C13H13F3N2O2. The fourth-order valence-corrected chi connectivity index (χ4v) is 1.74. The molecule has 0 aliphatic carbocycles. The Bertz CT molecular complexity index is 595. The molecule has 0 amide bonds. The Morgan fingerprint density at radius 1 is 1.30 bits per heavy atom. The van der Waals surface area contributed by atoms with Crippen LogP contribution in [0.25, 0.3) is 11.4 Å². The Labute approximate surface area is 113 Å². The number of aryl methyl sites for hydroxylation is 1. The molecule has 0 saturated heterocycles. The number of benzene rings is 1. The largest absolute Gasteiger partial charge is 0.415 e. The average Bonchev–Trinajstić information content (AvgIpc) is 2.85. The molecular weight excluding hydrogens is 273 g/mol. The molecule has 1 aromatic heterocycles. The van der Waals surface area contributed by atoms with Crippen LogP contribution in [0.4, 0.5) is 13.2 Å². The Hall–Kier alpha value is -1.89. The van der Waals surface area contributed by atoms with Gasteiger partial charge in [0.15, 0.2) is 6.10 Å². The first-order chi connectivity index (χ1) is 9.29. The summed E-state index contributed by atoms with van der Waals surface area (Å²) in [5.74, 6) is -1.36. The van der Waals surface area contributed by atoms with Crippen LogP contribution in [0.5, 0.6) is 0 Å². The molecule has 7 heteroatoms. The second-order valence-electron chi connectivity index (χ2n) is 4.60. The zero-order chi connectivity index (χ0) is 14.9. The van der Waals surface area contributed by atoms with Crippen LogP contribution in [0.3, 0.4) is 0 Å². The summed E-state index contributed by atoms with van der Waals surface area (Å²) in [6.45, 7) is 3.06. The Morgan fingerprint density at radius 3 is 2.60 bits per heavy atom. The summed E-state index contributed by atoms with van der Waals surface area (Å²) in [6.07, 6.45) is -7.26. The van der Waals surface area contributed by atoms with Crippen molar-refractivity contribution >= 4 is 0 Å². The predicted molar refractivity (Wildman–Crippen MR) is 64.9 cm³/mol. The molecule has 1 aromatic carbocycles. The summed E-state index contributed by atoms with van der Waals surface area (Å²) in [4.78, 5) is 3.92. The molecule has 0 radical (unpaired) electrons. The van der Waals surface area contributed by atoms with E-state index in [2.05, 4.69) is 10.1 Å². The quantitative estimate of drug-likeness (QED) is 0.942. The van der Waals surface area contributed by atoms with Crippen LogP contribution in [0.2, 0.25) is 0 Å². The van der Waals surface area contributed by atoms with E-state index >= 15 is 0 Å². The predicted octanol–water partition coefficient (Wildman–Crippen LogP) is 3.07. The minimum Gasteiger partial charge on any atom is -0.383 e. The van der Waals surface area contributed by atoms with Crippen molar-refractivity contribution in [2.24, 2.45) is 0 Å². The monoisotopic (exact) mass is 286 g/mol. The molecule has 108 valence electrons. The van der Waals surface area contributed by atoms with E-state index in [0.717, 1.165) is 5.56 Å². The Balaban J connectivity index is 2.25. The molecule has 0 aliphatic rings. The standard InChI is InChI=1S/C13H13F3N2O2/c1-7-4-3-5-9(6-7)11-17-12(20-18-11)8(2)10(19)13(14,15)16/h3-6,8,10,19H,1-2H3. The first-order valence-electron chi connectivity index (χ1n) is 5.94. The van der Waals surface area contributed by atoms with E-state index in [1.165, 1.54) is 6.92 Å². The van der Waals surface area contributed by atoms with E-state index in [1.807, 2.05) is 13.0 Å². The number of alkyl halides is 3. The number of hydrogen-bond donors (Lipinski definition) is 1. The summed E-state index contributed by atoms with van der Waals surface area (Å²) in [5.41, 5.74) is 1.62. The van der Waals surface area contributed by atoms with Crippen LogP contribution in [-0.2, 0) is 0 Å². The van der Waals surface area contributed by atoms with Gasteiger partial charge in [-0.2, -0.15) is 18.2 Å². The van der Waals surface area contributed by atoms with E-state index in [1.54, 1.807) is 18.2 Å². The molecule has 0 aliphatic heterocycles. The fraction of sp³-hybridized carbons (Fsp3) is 0.385. The molecule has 1 heterocycles. The van der Waals surface area contributed by atoms with Crippen LogP contribution < -0.4 is 0 Å². The second kappa shape index (κ2) is 5.24. The number of aliphatic hydroxyl groups excluding tert-OH is 1. The van der Waals surface area contributed by atoms with E-state index in [9.17, 15) is 18.3 Å². The molecule has 20 heavy (non-hydrogen) atoms. The lowest BCUT2D eigenvalue weighted by Gasteiger charge is -2.17. The summed E-state index contributed by atoms with van der Waals surface area (Å²) < 4.78 is 42.1. The number of nitrogens with zero attached hydrogens (tertiary/aromatic N) is 2. The van der Waals surface area contributed by atoms with Crippen molar-refractivity contribution in [1.82, 2.24) is 10.1 Å². The lowest BCUT2D eigenvalue weighted by atomic mass is 10.0. The van der Waals surface area contributed by atoms with Gasteiger partial charge in [-0.1, -0.05) is 35.8 Å². The van der Waals surface area contributed by atoms with Gasteiger partial charge >= 0.3 is 6.18 Å². The topological polar surface area (TPSA) is 59.2 Å². The van der Waals surface area contributed by atoms with Crippen LogP contribution >= 0.6 is 0 Å². The summed E-state index contributed by atoms with van der Waals surface area (Å²) >= 11 is 0. The van der Waals surface area contributed by atoms with Gasteiger partial charge in [-0.25, -0.2) is 0 Å². The molecule has 2 aromatic rings. The highest BCUT2D eigenvalue weighted by Crippen LogP contribution is 2.31. The van der Waals surface area contributed by atoms with Gasteiger partial charge in [0, 0.05) is 5.56 Å². The van der Waals surface area contributed by atoms with E-state index in [-0.39, 0.29) is 11.7 Å². The van der Waals surface area contributed by atoms with E-state index in [4.69, 9.17) is 4.52 Å². The molecule has 4 nitrogen and oxygen atoms in total. The summed E-state index contributed by atoms with van der Waals surface area (Å²) in [5, 5.41) is 12.8. The van der Waals surface area contributed by atoms with Crippen molar-refractivity contribution in [1.29, 1.82) is 0 Å². The second-order valence-corrected chi connectivity index (χ2v) is 4.60. The lowest BCUT2D eigenvalue weighted by molar-refractivity contribution is -0.210. The maximum absolute atomic E-state index is 12.4. The van der Waals surface area contributed by atoms with Crippen LogP contribution in [-0.4, -0.2) is 27.5 Å². The van der Waals surface area contributed by atoms with Crippen molar-refractivity contribution in [3.63, 3.8) is 0 Å². The first kappa shape index (κ1) is 14.5. The fourth-order valence-electron chi connectivity index (χ4n) is 1.74. The maximum atomic E-state index is 12.4. The van der Waals surface area contributed by atoms with E-state index in [0.29, 0.717) is 5.56 Å². The van der Waals surface area contributed by atoms with Crippen molar-refractivity contribution in [3.05, 3.63) is 35.7 Å². The van der Waals surface area contributed by atoms with Gasteiger partial charge < -0.3 is 9.63 Å². The van der Waals surface area contributed by atoms with Crippen molar-refractivity contribution in [2.45, 2.75) is 32.0 Å². The van der Waals surface area contributed by atoms with Gasteiger partial charge in [-0.05, 0) is 13.0 Å². The van der Waals surface area contributed by atoms with Gasteiger partial charge in [0.1, 0.15) is 0 Å². The zero-order valence-electron chi connectivity index (χ0n) is 10.8. The molecule has 0 fully saturated rings. The maximum Gasteiger partial charge on any atom is 0.415 e. The van der Waals surface area contributed by atoms with Gasteiger partial charge in [-0.15, -0.1) is 0 Å². The number of aromatic nitrogens is 2. The number of aliphatic hydroxyl groups is 1. The Kier molecular flexibility index (Phi) is 3.80. The third-order valence-corrected chi connectivity index (χ3v) is 2.92. The smallest absolute Gasteiger partial charge is 0.383 e. The van der Waals surface area contributed by atoms with Gasteiger partial charge in [-0.3, -0.25) is 0 Å². The van der Waals surface area contributed by atoms with Crippen molar-refractivity contribution < 1.29 is 22.8 Å². The molecule has 0 spiro atoms. The number of hydrogen-bond acceptors (Lipinski definition) is 4. The summed E-state index contributed by atoms with van der Waals surface area (Å²) in [6, 6.07) is 7.18. The van der Waals surface area contributed by atoms with Gasteiger partial charge in [0.25, 0.3) is 0 Å². The minimum absolute atomic E-state index is 0.199. The van der Waals surface area contributed by atoms with Gasteiger partial charge in [0.05, 0.1) is 5.92 Å². The van der Waals surface area contributed by atoms with E-state index < -0.39 is 18.2 Å². The highest BCUT2D eigenvalue weighted by atomic mass is 19.4. The average molecular weight is 286 g/mol. The van der Waals surface area contributed by atoms with Crippen LogP contribution in [0, 0.1) is 6.92 Å². The van der Waals surface area contributed by atoms with Crippen LogP contribution in [0.15, 0.2) is 28.8 Å². The molecule has 2 unspecified atom stereocenters. The molecule has 0 bridgehead atoms. The zero-order valence-corrected chi connectivity index (χ0v) is 10.8. The third-order valence-electron chi connectivity index (χ3n) is 2.92. The minimum atomic E-state index is -4.72. The highest BCUT2D eigenvalue weighted by Gasteiger charge is 2.44. The molecule has 0 saturated carbocycles. The molecule has 2 atom stereocenters. The highest BCUT2D eigenvalue weighted by molar-refractivity contribution is 5.55. The number of halogens is 3. The normalized spacial score (nSPS) is 15.1. The molecule has 2 rings (SSSR count). The first-order valence-corrected chi connectivity index (χ1v) is 5.94. The van der Waals surface area contributed by atoms with Gasteiger partial charge in [0.2, 0.25) is 11.7 Å². The SMILES string of the molecule is Cc1cccc(-c2noc(C(C)C(O)C(F)(F)F)n2)c1.